The first-order valence-electron chi connectivity index (χ1n) is 12.4. The highest BCUT2D eigenvalue weighted by atomic mass is 32.2. The van der Waals surface area contributed by atoms with E-state index in [4.69, 9.17) is 0 Å². The molecule has 4 aromatic rings. The van der Waals surface area contributed by atoms with Crippen molar-refractivity contribution in [3.63, 3.8) is 0 Å². The van der Waals surface area contributed by atoms with Gasteiger partial charge in [-0.15, -0.1) is 0 Å². The Labute approximate surface area is 210 Å². The molecule has 8 rings (SSSR count). The van der Waals surface area contributed by atoms with Gasteiger partial charge in [-0.2, -0.15) is 0 Å². The number of nitrogens with zero attached hydrogens (tertiary/aromatic N) is 1. The van der Waals surface area contributed by atoms with Crippen molar-refractivity contribution in [2.24, 2.45) is 5.92 Å². The highest BCUT2D eigenvalue weighted by Gasteiger charge is 2.48. The zero-order chi connectivity index (χ0) is 22.9. The summed E-state index contributed by atoms with van der Waals surface area (Å²) in [6, 6.07) is 37.9. The molecule has 1 aliphatic carbocycles. The van der Waals surface area contributed by atoms with Crippen LogP contribution in [-0.2, 0) is 0 Å². The number of fused-ring (bicyclic) bond motifs is 4. The molecule has 3 aliphatic heterocycles. The van der Waals surface area contributed by atoms with Crippen LogP contribution < -0.4 is 15.8 Å². The summed E-state index contributed by atoms with van der Waals surface area (Å²) in [5, 5.41) is 0. The largest absolute Gasteiger partial charge is 0.314 e. The highest BCUT2D eigenvalue weighted by molar-refractivity contribution is 8.00. The third-order valence-corrected chi connectivity index (χ3v) is 9.00. The van der Waals surface area contributed by atoms with E-state index in [-0.39, 0.29) is 6.71 Å². The molecule has 0 bridgehead atoms. The van der Waals surface area contributed by atoms with Crippen LogP contribution in [-0.4, -0.2) is 6.71 Å². The minimum absolute atomic E-state index is 0.288. The Hall–Kier alpha value is -3.69. The maximum atomic E-state index is 2.62. The van der Waals surface area contributed by atoms with Crippen molar-refractivity contribution >= 4 is 46.4 Å². The molecule has 3 heteroatoms. The molecule has 1 nitrogen and oxygen atoms in total. The zero-order valence-corrected chi connectivity index (χ0v) is 20.0. The maximum Gasteiger partial charge on any atom is 0.249 e. The van der Waals surface area contributed by atoms with Gasteiger partial charge in [-0.05, 0) is 52.3 Å². The van der Waals surface area contributed by atoms with E-state index in [0.717, 1.165) is 6.42 Å². The van der Waals surface area contributed by atoms with E-state index in [2.05, 4.69) is 120 Å². The van der Waals surface area contributed by atoms with Crippen molar-refractivity contribution in [3.8, 4) is 0 Å². The quantitative estimate of drug-likeness (QED) is 0.311. The molecule has 0 fully saturated rings. The fraction of sp³-hybridized carbons (Fsp3) is 0.0625. The summed E-state index contributed by atoms with van der Waals surface area (Å²) in [4.78, 5) is 5.39. The van der Waals surface area contributed by atoms with Crippen molar-refractivity contribution < 1.29 is 0 Å². The average Bonchev–Trinajstić information content (AvgIpc) is 3.28. The van der Waals surface area contributed by atoms with E-state index < -0.39 is 0 Å². The second-order valence-corrected chi connectivity index (χ2v) is 10.7. The molecule has 0 amide bonds. The van der Waals surface area contributed by atoms with Gasteiger partial charge in [0, 0.05) is 27.1 Å². The average molecular weight is 463 g/mol. The summed E-state index contributed by atoms with van der Waals surface area (Å²) in [5.74, 6) is 0.353. The van der Waals surface area contributed by atoms with Gasteiger partial charge < -0.3 is 4.90 Å². The lowest BCUT2D eigenvalue weighted by Crippen LogP contribution is -2.54. The number of hydrogen-bond donors (Lipinski definition) is 0. The summed E-state index contributed by atoms with van der Waals surface area (Å²) in [5.41, 5.74) is 12.6. The molecule has 0 N–H and O–H groups in total. The molecule has 1 atom stereocenters. The van der Waals surface area contributed by atoms with Crippen LogP contribution in [0.4, 0.5) is 5.69 Å². The zero-order valence-electron chi connectivity index (χ0n) is 19.2. The lowest BCUT2D eigenvalue weighted by Gasteiger charge is -2.41. The Bertz CT molecular complexity index is 1600. The standard InChI is InChI=1S/C32H22BNS/c1-3-11-21(12-4-1)29-23-15-9-17-25-32(23)34(31(29)22-13-5-2-6-14-22)26-18-10-20-28-30(26)33(25)24-16-7-8-19-27(24)35-28/h1-14,16-20,23H,15H2. The van der Waals surface area contributed by atoms with E-state index in [1.54, 1.807) is 0 Å². The van der Waals surface area contributed by atoms with Crippen LogP contribution >= 0.6 is 11.8 Å². The van der Waals surface area contributed by atoms with Gasteiger partial charge in [-0.25, -0.2) is 0 Å². The smallest absolute Gasteiger partial charge is 0.249 e. The third kappa shape index (κ3) is 2.68. The van der Waals surface area contributed by atoms with Gasteiger partial charge in [0.2, 0.25) is 6.71 Å². The van der Waals surface area contributed by atoms with Gasteiger partial charge in [0.1, 0.15) is 0 Å². The number of rotatable bonds is 2. The van der Waals surface area contributed by atoms with Gasteiger partial charge >= 0.3 is 0 Å². The molecule has 0 spiro atoms. The van der Waals surface area contributed by atoms with Crippen molar-refractivity contribution in [2.45, 2.75) is 16.2 Å². The van der Waals surface area contributed by atoms with Crippen LogP contribution in [0.2, 0.25) is 0 Å². The number of hydrogen-bond acceptors (Lipinski definition) is 2. The summed E-state index contributed by atoms with van der Waals surface area (Å²) in [6.07, 6.45) is 5.87. The SMILES string of the molecule is C1=CC2=C3C(C1)C(c1ccccc1)=C(c1ccccc1)N3c1cccc3c1B2c1ccccc1S3. The second-order valence-electron chi connectivity index (χ2n) is 9.62. The lowest BCUT2D eigenvalue weighted by molar-refractivity contribution is 0.785. The summed E-state index contributed by atoms with van der Waals surface area (Å²) in [7, 11) is 0. The lowest BCUT2D eigenvalue weighted by atomic mass is 9.33. The molecule has 0 aromatic heterocycles. The normalized spacial score (nSPS) is 19.0. The first-order chi connectivity index (χ1) is 17.4. The van der Waals surface area contributed by atoms with Crippen molar-refractivity contribution in [1.29, 1.82) is 0 Å². The fourth-order valence-corrected chi connectivity index (χ4v) is 7.69. The monoisotopic (exact) mass is 463 g/mol. The predicted octanol–water partition coefficient (Wildman–Crippen LogP) is 6.53. The number of allylic oxidation sites excluding steroid dienone is 4. The van der Waals surface area contributed by atoms with Crippen LogP contribution in [0, 0.1) is 5.92 Å². The molecule has 4 aliphatic rings. The molecular formula is C32H22BNS. The molecule has 1 unspecified atom stereocenters. The second kappa shape index (κ2) is 7.40. The van der Waals surface area contributed by atoms with Crippen LogP contribution in [0.5, 0.6) is 0 Å². The molecular weight excluding hydrogens is 441 g/mol. The molecule has 3 heterocycles. The maximum absolute atomic E-state index is 2.62. The van der Waals surface area contributed by atoms with E-state index in [1.165, 1.54) is 60.0 Å². The molecule has 35 heavy (non-hydrogen) atoms. The molecule has 0 saturated heterocycles. The highest BCUT2D eigenvalue weighted by Crippen LogP contribution is 2.55. The Balaban J connectivity index is 1.48. The summed E-state index contributed by atoms with van der Waals surface area (Å²) in [6.45, 7) is 0.288. The third-order valence-electron chi connectivity index (χ3n) is 7.83. The van der Waals surface area contributed by atoms with Gasteiger partial charge in [-0.3, -0.25) is 0 Å². The van der Waals surface area contributed by atoms with Gasteiger partial charge in [0.05, 0.1) is 5.70 Å². The van der Waals surface area contributed by atoms with Crippen LogP contribution in [0.1, 0.15) is 17.5 Å². The fourth-order valence-electron chi connectivity index (χ4n) is 6.52. The topological polar surface area (TPSA) is 3.24 Å². The summed E-state index contributed by atoms with van der Waals surface area (Å²) >= 11 is 1.92. The minimum Gasteiger partial charge on any atom is -0.314 e. The Kier molecular flexibility index (Phi) is 4.15. The van der Waals surface area contributed by atoms with Crippen molar-refractivity contribution in [2.75, 3.05) is 4.90 Å². The summed E-state index contributed by atoms with van der Waals surface area (Å²) < 4.78 is 0. The van der Waals surface area contributed by atoms with E-state index in [0.29, 0.717) is 5.92 Å². The molecule has 164 valence electrons. The minimum atomic E-state index is 0.288. The first kappa shape index (κ1) is 19.6. The molecule has 4 aromatic carbocycles. The van der Waals surface area contributed by atoms with Crippen LogP contribution in [0.15, 0.2) is 136 Å². The van der Waals surface area contributed by atoms with E-state index in [1.807, 2.05) is 11.8 Å². The number of anilines is 1. The van der Waals surface area contributed by atoms with Crippen LogP contribution in [0.3, 0.4) is 0 Å². The number of benzene rings is 4. The van der Waals surface area contributed by atoms with E-state index >= 15 is 0 Å². The van der Waals surface area contributed by atoms with Gasteiger partial charge in [0.15, 0.2) is 0 Å². The van der Waals surface area contributed by atoms with Gasteiger partial charge in [-0.1, -0.05) is 114 Å². The predicted molar refractivity (Wildman–Crippen MR) is 148 cm³/mol. The van der Waals surface area contributed by atoms with Crippen molar-refractivity contribution in [3.05, 3.63) is 138 Å². The van der Waals surface area contributed by atoms with E-state index in [9.17, 15) is 0 Å². The van der Waals surface area contributed by atoms with Crippen LogP contribution in [0.25, 0.3) is 11.3 Å². The Morgan fingerprint density at radius 3 is 2.26 bits per heavy atom. The molecule has 0 saturated carbocycles. The Morgan fingerprint density at radius 1 is 0.714 bits per heavy atom. The Morgan fingerprint density at radius 2 is 1.43 bits per heavy atom. The van der Waals surface area contributed by atoms with Crippen molar-refractivity contribution in [1.82, 2.24) is 0 Å². The molecule has 0 radical (unpaired) electrons. The van der Waals surface area contributed by atoms with Gasteiger partial charge in [0.25, 0.3) is 0 Å². The first-order valence-corrected chi connectivity index (χ1v) is 13.2.